The molecule has 1 saturated carbocycles. The first-order chi connectivity index (χ1) is 6.61. The second kappa shape index (κ2) is 3.12. The first-order valence-corrected chi connectivity index (χ1v) is 5.03. The fraction of sp³-hybridized carbons (Fsp3) is 0.600. The third-order valence-corrected chi connectivity index (χ3v) is 2.54. The van der Waals surface area contributed by atoms with Gasteiger partial charge in [-0.3, -0.25) is 0 Å². The van der Waals surface area contributed by atoms with E-state index in [0.29, 0.717) is 5.82 Å². The molecule has 0 atom stereocenters. The third kappa shape index (κ3) is 1.95. The van der Waals surface area contributed by atoms with Gasteiger partial charge in [0, 0.05) is 18.0 Å². The molecule has 0 bridgehead atoms. The van der Waals surface area contributed by atoms with E-state index in [-0.39, 0.29) is 5.54 Å². The van der Waals surface area contributed by atoms with E-state index < -0.39 is 0 Å². The maximum atomic E-state index is 5.68. The Kier molecular flexibility index (Phi) is 2.06. The lowest BCUT2D eigenvalue weighted by atomic mass is 10.3. The number of aromatic nitrogens is 2. The topological polar surface area (TPSA) is 63.8 Å². The van der Waals surface area contributed by atoms with Gasteiger partial charge in [0.15, 0.2) is 0 Å². The minimum Gasteiger partial charge on any atom is -0.384 e. The molecule has 0 saturated heterocycles. The van der Waals surface area contributed by atoms with E-state index in [1.807, 2.05) is 6.92 Å². The Morgan fingerprint density at radius 1 is 1.50 bits per heavy atom. The van der Waals surface area contributed by atoms with Crippen LogP contribution in [0.5, 0.6) is 0 Å². The van der Waals surface area contributed by atoms with Crippen molar-refractivity contribution in [1.82, 2.24) is 9.97 Å². The zero-order chi connectivity index (χ0) is 10.2. The van der Waals surface area contributed by atoms with E-state index in [4.69, 9.17) is 5.73 Å². The summed E-state index contributed by atoms with van der Waals surface area (Å²) in [5.74, 6) is 2.20. The van der Waals surface area contributed by atoms with Crippen molar-refractivity contribution in [3.63, 3.8) is 0 Å². The lowest BCUT2D eigenvalue weighted by molar-refractivity contribution is 0.812. The minimum atomic E-state index is 0.242. The van der Waals surface area contributed by atoms with Gasteiger partial charge in [0.05, 0.1) is 0 Å². The Labute approximate surface area is 83.9 Å². The monoisotopic (exact) mass is 192 g/mol. The molecule has 4 heteroatoms. The minimum absolute atomic E-state index is 0.242. The van der Waals surface area contributed by atoms with E-state index in [1.54, 1.807) is 6.07 Å². The van der Waals surface area contributed by atoms with E-state index >= 15 is 0 Å². The first-order valence-electron chi connectivity index (χ1n) is 5.03. The first kappa shape index (κ1) is 9.24. The smallest absolute Gasteiger partial charge is 0.132 e. The summed E-state index contributed by atoms with van der Waals surface area (Å²) in [7, 11) is 0. The van der Waals surface area contributed by atoms with Crippen LogP contribution in [0.1, 0.15) is 32.5 Å². The quantitative estimate of drug-likeness (QED) is 0.763. The van der Waals surface area contributed by atoms with Gasteiger partial charge in [-0.15, -0.1) is 0 Å². The van der Waals surface area contributed by atoms with Crippen molar-refractivity contribution in [2.45, 2.75) is 38.6 Å². The van der Waals surface area contributed by atoms with Gasteiger partial charge in [-0.25, -0.2) is 9.97 Å². The van der Waals surface area contributed by atoms with Gasteiger partial charge in [-0.1, -0.05) is 6.92 Å². The van der Waals surface area contributed by atoms with Crippen molar-refractivity contribution in [2.75, 3.05) is 11.1 Å². The summed E-state index contributed by atoms with van der Waals surface area (Å²) in [6.45, 7) is 4.22. The molecule has 3 N–H and O–H groups in total. The molecular weight excluding hydrogens is 176 g/mol. The average molecular weight is 192 g/mol. The highest BCUT2D eigenvalue weighted by atomic mass is 15.1. The van der Waals surface area contributed by atoms with Crippen LogP contribution in [0.2, 0.25) is 0 Å². The van der Waals surface area contributed by atoms with Crippen LogP contribution in [-0.2, 0) is 6.42 Å². The second-order valence-corrected chi connectivity index (χ2v) is 4.13. The summed E-state index contributed by atoms with van der Waals surface area (Å²) in [4.78, 5) is 8.50. The molecule has 76 valence electrons. The van der Waals surface area contributed by atoms with E-state index in [2.05, 4.69) is 22.2 Å². The number of anilines is 2. The van der Waals surface area contributed by atoms with Gasteiger partial charge in [-0.2, -0.15) is 0 Å². The van der Waals surface area contributed by atoms with Gasteiger partial charge in [0.25, 0.3) is 0 Å². The second-order valence-electron chi connectivity index (χ2n) is 4.13. The molecular formula is C10H16N4. The summed E-state index contributed by atoms with van der Waals surface area (Å²) >= 11 is 0. The molecule has 0 amide bonds. The molecule has 4 nitrogen and oxygen atoms in total. The van der Waals surface area contributed by atoms with Crippen molar-refractivity contribution in [3.8, 4) is 0 Å². The Morgan fingerprint density at radius 2 is 2.21 bits per heavy atom. The molecule has 1 fully saturated rings. The van der Waals surface area contributed by atoms with Crippen molar-refractivity contribution < 1.29 is 0 Å². The standard InChI is InChI=1S/C10H16N4/c1-3-8-12-7(11)6-9(13-8)14-10(2)4-5-10/h6H,3-5H2,1-2H3,(H3,11,12,13,14). The number of nitrogens with zero attached hydrogens (tertiary/aromatic N) is 2. The summed E-state index contributed by atoms with van der Waals surface area (Å²) < 4.78 is 0. The van der Waals surface area contributed by atoms with Gasteiger partial charge in [0.2, 0.25) is 0 Å². The van der Waals surface area contributed by atoms with E-state index in [0.717, 1.165) is 18.1 Å². The predicted octanol–water partition coefficient (Wildman–Crippen LogP) is 1.59. The number of aryl methyl sites for hydroxylation is 1. The highest BCUT2D eigenvalue weighted by Gasteiger charge is 2.37. The third-order valence-electron chi connectivity index (χ3n) is 2.54. The van der Waals surface area contributed by atoms with Crippen LogP contribution in [0.25, 0.3) is 0 Å². The van der Waals surface area contributed by atoms with Crippen LogP contribution in [0.4, 0.5) is 11.6 Å². The SMILES string of the molecule is CCc1nc(N)cc(NC2(C)CC2)n1. The number of rotatable bonds is 3. The van der Waals surface area contributed by atoms with Crippen molar-refractivity contribution in [2.24, 2.45) is 0 Å². The maximum Gasteiger partial charge on any atom is 0.132 e. The maximum absolute atomic E-state index is 5.68. The lowest BCUT2D eigenvalue weighted by Gasteiger charge is -2.12. The van der Waals surface area contributed by atoms with Crippen LogP contribution < -0.4 is 11.1 Å². The molecule has 0 aliphatic heterocycles. The van der Waals surface area contributed by atoms with Crippen molar-refractivity contribution >= 4 is 11.6 Å². The molecule has 0 aromatic carbocycles. The molecule has 0 radical (unpaired) electrons. The zero-order valence-electron chi connectivity index (χ0n) is 8.67. The summed E-state index contributed by atoms with van der Waals surface area (Å²) in [5, 5.41) is 3.38. The van der Waals surface area contributed by atoms with Gasteiger partial charge >= 0.3 is 0 Å². The van der Waals surface area contributed by atoms with Crippen molar-refractivity contribution in [3.05, 3.63) is 11.9 Å². The summed E-state index contributed by atoms with van der Waals surface area (Å²) in [6.07, 6.45) is 3.23. The van der Waals surface area contributed by atoms with Crippen LogP contribution in [-0.4, -0.2) is 15.5 Å². The predicted molar refractivity (Wildman–Crippen MR) is 57.1 cm³/mol. The number of nitrogens with two attached hydrogens (primary N) is 1. The highest BCUT2D eigenvalue weighted by molar-refractivity contribution is 5.47. The largest absolute Gasteiger partial charge is 0.384 e. The van der Waals surface area contributed by atoms with Crippen molar-refractivity contribution in [1.29, 1.82) is 0 Å². The summed E-state index contributed by atoms with van der Waals surface area (Å²) in [5.41, 5.74) is 5.93. The molecule has 0 spiro atoms. The van der Waals surface area contributed by atoms with Crippen LogP contribution in [0.3, 0.4) is 0 Å². The Hall–Kier alpha value is -1.32. The summed E-state index contributed by atoms with van der Waals surface area (Å²) in [6, 6.07) is 1.79. The molecule has 1 aliphatic rings. The number of hydrogen-bond acceptors (Lipinski definition) is 4. The Morgan fingerprint density at radius 3 is 2.79 bits per heavy atom. The van der Waals surface area contributed by atoms with E-state index in [1.165, 1.54) is 12.8 Å². The molecule has 1 aliphatic carbocycles. The van der Waals surface area contributed by atoms with Gasteiger partial charge in [-0.05, 0) is 19.8 Å². The highest BCUT2D eigenvalue weighted by Crippen LogP contribution is 2.37. The number of hydrogen-bond donors (Lipinski definition) is 2. The van der Waals surface area contributed by atoms with Crippen LogP contribution in [0.15, 0.2) is 6.07 Å². The zero-order valence-corrected chi connectivity index (χ0v) is 8.67. The van der Waals surface area contributed by atoms with Crippen LogP contribution in [0, 0.1) is 0 Å². The fourth-order valence-electron chi connectivity index (χ4n) is 1.36. The average Bonchev–Trinajstić information content (AvgIpc) is 2.82. The Balaban J connectivity index is 2.20. The molecule has 1 aromatic heterocycles. The molecule has 1 aromatic rings. The number of nitrogens with one attached hydrogen (secondary N) is 1. The molecule has 0 unspecified atom stereocenters. The van der Waals surface area contributed by atoms with E-state index in [9.17, 15) is 0 Å². The van der Waals surface area contributed by atoms with Gasteiger partial charge in [0.1, 0.15) is 17.5 Å². The Bertz CT molecular complexity index is 344. The normalized spacial score (nSPS) is 17.9. The molecule has 14 heavy (non-hydrogen) atoms. The fourth-order valence-corrected chi connectivity index (χ4v) is 1.36. The molecule has 1 heterocycles. The number of nitrogen functional groups attached to an aromatic ring is 1. The van der Waals surface area contributed by atoms with Crippen LogP contribution >= 0.6 is 0 Å². The van der Waals surface area contributed by atoms with Gasteiger partial charge < -0.3 is 11.1 Å². The molecule has 2 rings (SSSR count). The lowest BCUT2D eigenvalue weighted by Crippen LogP contribution is -2.17.